The summed E-state index contributed by atoms with van der Waals surface area (Å²) in [6, 6.07) is 4.43. The Morgan fingerprint density at radius 1 is 1.09 bits per heavy atom. The van der Waals surface area contributed by atoms with Crippen molar-refractivity contribution in [2.24, 2.45) is 0 Å². The summed E-state index contributed by atoms with van der Waals surface area (Å²) in [5.74, 6) is -2.09. The van der Waals surface area contributed by atoms with Crippen LogP contribution in [-0.4, -0.2) is 97.5 Å². The van der Waals surface area contributed by atoms with Gasteiger partial charge in [-0.2, -0.15) is 4.39 Å². The first-order valence-electron chi connectivity index (χ1n) is 10.1. The van der Waals surface area contributed by atoms with Crippen LogP contribution >= 0.6 is 0 Å². The molecule has 4 atom stereocenters. The van der Waals surface area contributed by atoms with E-state index in [-0.39, 0.29) is 43.5 Å². The maximum absolute atomic E-state index is 13.1. The van der Waals surface area contributed by atoms with Crippen LogP contribution in [0.3, 0.4) is 0 Å². The lowest BCUT2D eigenvalue weighted by atomic mass is 10.1. The molecule has 2 aromatic rings. The maximum Gasteiger partial charge on any atom is 0.339 e. The smallest absolute Gasteiger partial charge is 0.339 e. The molecule has 1 aliphatic heterocycles. The van der Waals surface area contributed by atoms with Crippen LogP contribution in [0.15, 0.2) is 34.0 Å². The van der Waals surface area contributed by atoms with E-state index < -0.39 is 54.2 Å². The van der Waals surface area contributed by atoms with Crippen LogP contribution in [0.1, 0.15) is 16.6 Å². The lowest BCUT2D eigenvalue weighted by Crippen LogP contribution is -2.38. The molecule has 0 amide bonds. The summed E-state index contributed by atoms with van der Waals surface area (Å²) in [7, 11) is 0. The third-order valence-electron chi connectivity index (χ3n) is 4.61. The molecule has 0 unspecified atom stereocenters. The normalized spacial score (nSPS) is 21.2. The number of aliphatic hydroxyl groups excluding tert-OH is 5. The zero-order valence-electron chi connectivity index (χ0n) is 18.1. The molecule has 0 spiro atoms. The van der Waals surface area contributed by atoms with Crippen LogP contribution in [0.2, 0.25) is 0 Å². The van der Waals surface area contributed by atoms with Gasteiger partial charge >= 0.3 is 11.7 Å². The average Bonchev–Trinajstić information content (AvgIpc) is 3.12. The first-order chi connectivity index (χ1) is 16.7. The largest absolute Gasteiger partial charge is 0.487 e. The van der Waals surface area contributed by atoms with Gasteiger partial charge in [-0.3, -0.25) is 14.3 Å². The SMILES string of the molecule is O=C(O)c1cccc(OCCO)c1OCCO.O=c1[nH]c(=O)n([C@@H]2O[C@H](CO)[C@@H](O)[C@H]2O)cc1F. The van der Waals surface area contributed by atoms with Gasteiger partial charge in [0.1, 0.15) is 37.1 Å². The van der Waals surface area contributed by atoms with Crippen molar-refractivity contribution < 1.29 is 54.0 Å². The number of nitrogens with one attached hydrogen (secondary N) is 1. The van der Waals surface area contributed by atoms with Gasteiger partial charge in [-0.05, 0) is 12.1 Å². The topological polar surface area (TPSA) is 221 Å². The highest BCUT2D eigenvalue weighted by Gasteiger charge is 2.43. The number of H-pyrrole nitrogens is 1. The van der Waals surface area contributed by atoms with Crippen molar-refractivity contribution in [3.05, 3.63) is 56.6 Å². The molecular weight excluding hydrogens is 479 g/mol. The number of ether oxygens (including phenoxy) is 3. The number of halogens is 1. The molecule has 1 aromatic carbocycles. The lowest BCUT2D eigenvalue weighted by molar-refractivity contribution is -0.0554. The summed E-state index contributed by atoms with van der Waals surface area (Å²) in [6.07, 6.45) is -4.84. The molecule has 1 aromatic heterocycles. The highest BCUT2D eigenvalue weighted by atomic mass is 19.1. The third-order valence-corrected chi connectivity index (χ3v) is 4.61. The second-order valence-corrected chi connectivity index (χ2v) is 6.95. The van der Waals surface area contributed by atoms with Crippen LogP contribution in [0, 0.1) is 5.82 Å². The number of hydrogen-bond acceptors (Lipinski definition) is 11. The average molecular weight is 504 g/mol. The van der Waals surface area contributed by atoms with E-state index in [4.69, 9.17) is 34.6 Å². The number of aromatic carboxylic acids is 1. The molecule has 1 saturated heterocycles. The van der Waals surface area contributed by atoms with Crippen molar-refractivity contribution in [2.45, 2.75) is 24.5 Å². The summed E-state index contributed by atoms with van der Waals surface area (Å²) >= 11 is 0. The third kappa shape index (κ3) is 6.84. The zero-order chi connectivity index (χ0) is 26.1. The minimum atomic E-state index is -1.52. The molecule has 0 bridgehead atoms. The fourth-order valence-corrected chi connectivity index (χ4v) is 3.01. The number of carboxylic acid groups (broad SMARTS) is 1. The second kappa shape index (κ2) is 12.9. The van der Waals surface area contributed by atoms with Crippen molar-refractivity contribution >= 4 is 5.97 Å². The van der Waals surface area contributed by atoms with Crippen LogP contribution in [-0.2, 0) is 4.74 Å². The van der Waals surface area contributed by atoms with Gasteiger partial charge in [0.15, 0.2) is 17.7 Å². The van der Waals surface area contributed by atoms with Crippen molar-refractivity contribution in [1.82, 2.24) is 9.55 Å². The molecule has 14 nitrogen and oxygen atoms in total. The monoisotopic (exact) mass is 504 g/mol. The minimum absolute atomic E-state index is 0.0280. The standard InChI is InChI=1S/C11H14O6.C9H11FN2O6/c12-4-6-16-9-3-1-2-8(11(14)15)10(9)17-7-5-13;10-3-1-12(9(17)11-7(3)16)8-6(15)5(14)4(2-13)18-8/h1-3,12-13H,4-7H2,(H,14,15);1,4-6,8,13-15H,2H2,(H,11,16,17)/t;4-,5-,6-,8-/m.1/s1. The quantitative estimate of drug-likeness (QED) is 0.187. The Hall–Kier alpha value is -3.34. The fraction of sp³-hybridized carbons (Fsp3) is 0.450. The van der Waals surface area contributed by atoms with Crippen LogP contribution in [0.4, 0.5) is 4.39 Å². The molecule has 0 aliphatic carbocycles. The number of rotatable bonds is 9. The number of carbonyl (C=O) groups is 1. The Labute approximate surface area is 196 Å². The van der Waals surface area contributed by atoms with E-state index in [0.29, 0.717) is 10.8 Å². The van der Waals surface area contributed by atoms with Gasteiger partial charge in [0.25, 0.3) is 5.56 Å². The molecule has 7 N–H and O–H groups in total. The zero-order valence-corrected chi connectivity index (χ0v) is 18.1. The van der Waals surface area contributed by atoms with E-state index in [0.717, 1.165) is 0 Å². The van der Waals surface area contributed by atoms with Gasteiger partial charge in [-0.25, -0.2) is 9.59 Å². The Morgan fingerprint density at radius 2 is 1.74 bits per heavy atom. The highest BCUT2D eigenvalue weighted by Crippen LogP contribution is 2.31. The van der Waals surface area contributed by atoms with Gasteiger partial charge in [0.05, 0.1) is 26.0 Å². The van der Waals surface area contributed by atoms with Gasteiger partial charge in [0.2, 0.25) is 5.82 Å². The predicted molar refractivity (Wildman–Crippen MR) is 113 cm³/mol. The first-order valence-corrected chi connectivity index (χ1v) is 10.1. The first kappa shape index (κ1) is 27.9. The van der Waals surface area contributed by atoms with Crippen molar-refractivity contribution in [3.8, 4) is 11.5 Å². The molecular formula is C20H25FN2O12. The summed E-state index contributed by atoms with van der Waals surface area (Å²) in [4.78, 5) is 34.9. The van der Waals surface area contributed by atoms with Gasteiger partial charge < -0.3 is 44.8 Å². The molecule has 194 valence electrons. The molecule has 3 rings (SSSR count). The molecule has 2 heterocycles. The van der Waals surface area contributed by atoms with E-state index in [1.165, 1.54) is 18.2 Å². The highest BCUT2D eigenvalue weighted by molar-refractivity contribution is 5.92. The van der Waals surface area contributed by atoms with Crippen molar-refractivity contribution in [3.63, 3.8) is 0 Å². The number of hydrogen-bond donors (Lipinski definition) is 7. The fourth-order valence-electron chi connectivity index (χ4n) is 3.01. The summed E-state index contributed by atoms with van der Waals surface area (Å²) in [5, 5.41) is 54.3. The van der Waals surface area contributed by atoms with Crippen LogP contribution < -0.4 is 20.7 Å². The lowest BCUT2D eigenvalue weighted by Gasteiger charge is -2.16. The predicted octanol–water partition coefficient (Wildman–Crippen LogP) is -2.59. The van der Waals surface area contributed by atoms with Gasteiger partial charge in [0, 0.05) is 0 Å². The van der Waals surface area contributed by atoms with E-state index in [1.54, 1.807) is 4.98 Å². The molecule has 1 fully saturated rings. The number of benzene rings is 1. The van der Waals surface area contributed by atoms with E-state index in [1.807, 2.05) is 0 Å². The number of aromatic amines is 1. The van der Waals surface area contributed by atoms with Crippen LogP contribution in [0.25, 0.3) is 0 Å². The van der Waals surface area contributed by atoms with E-state index >= 15 is 0 Å². The Kier molecular flexibility index (Phi) is 10.3. The van der Waals surface area contributed by atoms with E-state index in [2.05, 4.69) is 0 Å². The van der Waals surface area contributed by atoms with Gasteiger partial charge in [-0.15, -0.1) is 0 Å². The number of para-hydroxylation sites is 1. The minimum Gasteiger partial charge on any atom is -0.487 e. The Bertz CT molecular complexity index is 1100. The molecule has 15 heteroatoms. The Morgan fingerprint density at radius 3 is 2.31 bits per heavy atom. The number of aliphatic hydroxyl groups is 5. The van der Waals surface area contributed by atoms with Crippen LogP contribution in [0.5, 0.6) is 11.5 Å². The van der Waals surface area contributed by atoms with Crippen molar-refractivity contribution in [1.29, 1.82) is 0 Å². The number of nitrogens with zero attached hydrogens (tertiary/aromatic N) is 1. The maximum atomic E-state index is 13.1. The summed E-state index contributed by atoms with van der Waals surface area (Å²) < 4.78 is 29.0. The molecule has 1 aliphatic rings. The molecule has 35 heavy (non-hydrogen) atoms. The second-order valence-electron chi connectivity index (χ2n) is 6.95. The summed E-state index contributed by atoms with van der Waals surface area (Å²) in [5.41, 5.74) is -2.23. The van der Waals surface area contributed by atoms with Crippen molar-refractivity contribution in [2.75, 3.05) is 33.0 Å². The Balaban J connectivity index is 0.000000247. The van der Waals surface area contributed by atoms with Gasteiger partial charge in [-0.1, -0.05) is 6.07 Å². The van der Waals surface area contributed by atoms with E-state index in [9.17, 15) is 29.0 Å². The number of aromatic nitrogens is 2. The molecule has 0 saturated carbocycles. The summed E-state index contributed by atoms with van der Waals surface area (Å²) in [6.45, 7) is -0.974. The molecule has 0 radical (unpaired) electrons. The number of carboxylic acids is 1.